The molecule has 0 aliphatic heterocycles. The first-order valence-electron chi connectivity index (χ1n) is 6.16. The van der Waals surface area contributed by atoms with Gasteiger partial charge >= 0.3 is 0 Å². The average molecular weight is 272 g/mol. The van der Waals surface area contributed by atoms with Gasteiger partial charge in [-0.05, 0) is 36.1 Å². The van der Waals surface area contributed by atoms with Gasteiger partial charge in [0.25, 0.3) is 0 Å². The van der Waals surface area contributed by atoms with Gasteiger partial charge in [-0.2, -0.15) is 0 Å². The molecule has 0 saturated heterocycles. The lowest BCUT2D eigenvalue weighted by Crippen LogP contribution is -2.28. The largest absolute Gasteiger partial charge is 0.404 e. The lowest BCUT2D eigenvalue weighted by atomic mass is 9.92. The van der Waals surface area contributed by atoms with Crippen molar-refractivity contribution in [1.29, 1.82) is 5.41 Å². The van der Waals surface area contributed by atoms with Crippen LogP contribution in [0.3, 0.4) is 0 Å². The molecule has 6 N–H and O–H groups in total. The molecular formula is C15H20N4O. The summed E-state index contributed by atoms with van der Waals surface area (Å²) in [4.78, 5) is 11.8. The molecule has 0 fully saturated rings. The first-order chi connectivity index (χ1) is 9.40. The van der Waals surface area contributed by atoms with Crippen molar-refractivity contribution in [2.45, 2.75) is 20.3 Å². The highest BCUT2D eigenvalue weighted by atomic mass is 16.1. The molecule has 0 spiro atoms. The van der Waals surface area contributed by atoms with E-state index in [4.69, 9.17) is 16.9 Å². The number of benzene rings is 1. The minimum absolute atomic E-state index is 0.128. The van der Waals surface area contributed by atoms with Crippen molar-refractivity contribution in [3.63, 3.8) is 0 Å². The summed E-state index contributed by atoms with van der Waals surface area (Å²) in [5, 5.41) is 9.85. The van der Waals surface area contributed by atoms with Crippen LogP contribution in [0.2, 0.25) is 0 Å². The van der Waals surface area contributed by atoms with Crippen molar-refractivity contribution in [2.75, 3.05) is 0 Å². The minimum atomic E-state index is -0.214. The van der Waals surface area contributed by atoms with E-state index in [2.05, 4.69) is 11.9 Å². The van der Waals surface area contributed by atoms with Crippen LogP contribution in [0.4, 0.5) is 0 Å². The van der Waals surface area contributed by atoms with Gasteiger partial charge in [0.1, 0.15) is 0 Å². The zero-order valence-electron chi connectivity index (χ0n) is 11.8. The molecule has 1 aromatic rings. The molecule has 0 aliphatic rings. The Morgan fingerprint density at radius 3 is 2.60 bits per heavy atom. The third kappa shape index (κ3) is 3.47. The summed E-state index contributed by atoms with van der Waals surface area (Å²) < 4.78 is 0. The molecule has 1 amide bonds. The van der Waals surface area contributed by atoms with E-state index < -0.39 is 0 Å². The van der Waals surface area contributed by atoms with E-state index in [1.54, 1.807) is 0 Å². The minimum Gasteiger partial charge on any atom is -0.404 e. The van der Waals surface area contributed by atoms with Crippen LogP contribution in [0.5, 0.6) is 0 Å². The predicted molar refractivity (Wildman–Crippen MR) is 82.0 cm³/mol. The molecule has 1 aromatic carbocycles. The molecule has 0 heterocycles. The van der Waals surface area contributed by atoms with E-state index in [9.17, 15) is 4.79 Å². The number of nitrogens with two attached hydrogens (primary N) is 2. The predicted octanol–water partition coefficient (Wildman–Crippen LogP) is 1.34. The number of allylic oxidation sites excluding steroid dienone is 1. The van der Waals surface area contributed by atoms with Gasteiger partial charge in [0.05, 0.1) is 12.2 Å². The summed E-state index contributed by atoms with van der Waals surface area (Å²) >= 11 is 0. The topological polar surface area (TPSA) is 105 Å². The summed E-state index contributed by atoms with van der Waals surface area (Å²) in [5.41, 5.74) is 15.2. The Morgan fingerprint density at radius 1 is 1.45 bits per heavy atom. The van der Waals surface area contributed by atoms with Crippen molar-refractivity contribution in [2.24, 2.45) is 11.5 Å². The summed E-state index contributed by atoms with van der Waals surface area (Å²) in [6.07, 6.45) is 2.79. The summed E-state index contributed by atoms with van der Waals surface area (Å²) in [6.45, 7) is 7.29. The van der Waals surface area contributed by atoms with Crippen LogP contribution in [-0.2, 0) is 11.2 Å². The number of rotatable bonds is 5. The first kappa shape index (κ1) is 15.5. The van der Waals surface area contributed by atoms with E-state index in [0.717, 1.165) is 22.3 Å². The third-order valence-corrected chi connectivity index (χ3v) is 3.12. The zero-order chi connectivity index (χ0) is 15.3. The molecule has 0 unspecified atom stereocenters. The number of hydrogen-bond donors (Lipinski definition) is 4. The molecule has 1 rings (SSSR count). The van der Waals surface area contributed by atoms with Crippen molar-refractivity contribution < 1.29 is 4.79 Å². The van der Waals surface area contributed by atoms with Gasteiger partial charge in [-0.25, -0.2) is 0 Å². The van der Waals surface area contributed by atoms with Crippen molar-refractivity contribution in [3.05, 3.63) is 53.0 Å². The van der Waals surface area contributed by atoms with E-state index in [1.165, 1.54) is 12.4 Å². The van der Waals surface area contributed by atoms with Crippen LogP contribution in [0.1, 0.15) is 22.3 Å². The van der Waals surface area contributed by atoms with Gasteiger partial charge in [0.2, 0.25) is 5.91 Å². The van der Waals surface area contributed by atoms with E-state index >= 15 is 0 Å². The number of nitrogens with one attached hydrogen (secondary N) is 2. The van der Waals surface area contributed by atoms with Gasteiger partial charge < -0.3 is 22.2 Å². The first-order valence-corrected chi connectivity index (χ1v) is 6.16. The van der Waals surface area contributed by atoms with Gasteiger partial charge in [-0.3, -0.25) is 4.79 Å². The smallest absolute Gasteiger partial charge is 0.229 e. The summed E-state index contributed by atoms with van der Waals surface area (Å²) in [6, 6.07) is 3.81. The maximum Gasteiger partial charge on any atom is 0.229 e. The number of carbonyl (C=O) groups is 1. The summed E-state index contributed by atoms with van der Waals surface area (Å²) in [5.74, 6) is -0.0857. The molecule has 5 nitrogen and oxygen atoms in total. The maximum atomic E-state index is 11.8. The lowest BCUT2D eigenvalue weighted by molar-refractivity contribution is -0.119. The standard InChI is InChI=1S/C15H20N4O/c1-9-4-5-13(12(7-16)8-17)10(2)14(9)6-15(20)19-11(3)18/h4-5,7-8,16H,3,6,17-18H2,1-2H3,(H,19,20)/b12-8+,16-7?. The molecule has 0 aromatic heterocycles. The molecule has 0 bridgehead atoms. The molecule has 0 saturated carbocycles. The fraction of sp³-hybridized carbons (Fsp3) is 0.200. The zero-order valence-corrected chi connectivity index (χ0v) is 11.8. The molecule has 106 valence electrons. The monoisotopic (exact) mass is 272 g/mol. The molecule has 5 heteroatoms. The lowest BCUT2D eigenvalue weighted by Gasteiger charge is -2.14. The van der Waals surface area contributed by atoms with Crippen molar-refractivity contribution in [1.82, 2.24) is 5.32 Å². The van der Waals surface area contributed by atoms with Crippen LogP contribution in [0.15, 0.2) is 30.7 Å². The highest BCUT2D eigenvalue weighted by molar-refractivity contribution is 6.08. The Kier molecular flexibility index (Phi) is 5.08. The molecule has 0 radical (unpaired) electrons. The Balaban J connectivity index is 3.20. The summed E-state index contributed by atoms with van der Waals surface area (Å²) in [7, 11) is 0. The second-order valence-corrected chi connectivity index (χ2v) is 4.55. The second-order valence-electron chi connectivity index (χ2n) is 4.55. The van der Waals surface area contributed by atoms with Gasteiger partial charge in [-0.1, -0.05) is 18.7 Å². The molecule has 0 atom stereocenters. The van der Waals surface area contributed by atoms with Crippen LogP contribution >= 0.6 is 0 Å². The number of carbonyl (C=O) groups excluding carboxylic acids is 1. The maximum absolute atomic E-state index is 11.8. The van der Waals surface area contributed by atoms with Gasteiger partial charge in [0.15, 0.2) is 0 Å². The highest BCUT2D eigenvalue weighted by Crippen LogP contribution is 2.23. The fourth-order valence-electron chi connectivity index (χ4n) is 2.08. The van der Waals surface area contributed by atoms with Crippen LogP contribution in [0, 0.1) is 19.3 Å². The quantitative estimate of drug-likeness (QED) is 0.608. The molecule has 20 heavy (non-hydrogen) atoms. The van der Waals surface area contributed by atoms with Crippen molar-refractivity contribution in [3.8, 4) is 0 Å². The van der Waals surface area contributed by atoms with Gasteiger partial charge in [0, 0.05) is 18.0 Å². The Labute approximate surface area is 118 Å². The van der Waals surface area contributed by atoms with Crippen LogP contribution < -0.4 is 16.8 Å². The van der Waals surface area contributed by atoms with Crippen LogP contribution in [0.25, 0.3) is 5.57 Å². The second kappa shape index (κ2) is 6.56. The number of amides is 1. The van der Waals surface area contributed by atoms with E-state index in [1.807, 2.05) is 26.0 Å². The fourth-order valence-corrected chi connectivity index (χ4v) is 2.08. The normalized spacial score (nSPS) is 11.0. The van der Waals surface area contributed by atoms with Crippen molar-refractivity contribution >= 4 is 17.7 Å². The Bertz CT molecular complexity index is 588. The molecule has 0 aliphatic carbocycles. The van der Waals surface area contributed by atoms with Crippen LogP contribution in [-0.4, -0.2) is 12.1 Å². The highest BCUT2D eigenvalue weighted by Gasteiger charge is 2.13. The SMILES string of the molecule is C=C(N)NC(=O)Cc1c(C)ccc(/C(C=N)=C/N)c1C. The Morgan fingerprint density at radius 2 is 2.10 bits per heavy atom. The van der Waals surface area contributed by atoms with E-state index in [-0.39, 0.29) is 18.1 Å². The Hall–Kier alpha value is -2.56. The average Bonchev–Trinajstić information content (AvgIpc) is 2.37. The van der Waals surface area contributed by atoms with Gasteiger partial charge in [-0.15, -0.1) is 0 Å². The number of aryl methyl sites for hydroxylation is 1. The molecular weight excluding hydrogens is 252 g/mol. The third-order valence-electron chi connectivity index (χ3n) is 3.12. The van der Waals surface area contributed by atoms with E-state index in [0.29, 0.717) is 5.57 Å². The number of hydrogen-bond acceptors (Lipinski definition) is 4.